The molecule has 0 saturated heterocycles. The molecule has 112 valence electrons. The minimum atomic E-state index is 0.221. The van der Waals surface area contributed by atoms with Gasteiger partial charge in [0.25, 0.3) is 0 Å². The fourth-order valence-corrected chi connectivity index (χ4v) is 3.27. The zero-order chi connectivity index (χ0) is 14.4. The fourth-order valence-electron chi connectivity index (χ4n) is 3.27. The number of anilines is 1. The minimum absolute atomic E-state index is 0.221. The number of rotatable bonds is 6. The summed E-state index contributed by atoms with van der Waals surface area (Å²) in [4.78, 5) is 2.43. The largest absolute Gasteiger partial charge is 0.395 e. The second-order valence-corrected chi connectivity index (χ2v) is 5.78. The van der Waals surface area contributed by atoms with Gasteiger partial charge in [0.15, 0.2) is 0 Å². The van der Waals surface area contributed by atoms with E-state index in [1.807, 2.05) is 7.05 Å². The molecule has 1 aliphatic rings. The first-order chi connectivity index (χ1) is 9.77. The van der Waals surface area contributed by atoms with Crippen LogP contribution in [-0.4, -0.2) is 31.3 Å². The van der Waals surface area contributed by atoms with E-state index >= 15 is 0 Å². The van der Waals surface area contributed by atoms with Crippen molar-refractivity contribution in [1.82, 2.24) is 5.32 Å². The van der Waals surface area contributed by atoms with E-state index in [1.54, 1.807) is 0 Å². The SMILES string of the molecule is CNC(C)c1ccccc1N(CCO)C1CCCCC1. The van der Waals surface area contributed by atoms with E-state index in [0.29, 0.717) is 12.1 Å². The van der Waals surface area contributed by atoms with Crippen LogP contribution in [0.5, 0.6) is 0 Å². The normalized spacial score (nSPS) is 17.9. The van der Waals surface area contributed by atoms with Gasteiger partial charge in [0.1, 0.15) is 0 Å². The van der Waals surface area contributed by atoms with Crippen LogP contribution in [0.1, 0.15) is 50.6 Å². The lowest BCUT2D eigenvalue weighted by atomic mass is 9.93. The highest BCUT2D eigenvalue weighted by molar-refractivity contribution is 5.55. The molecule has 1 fully saturated rings. The molecule has 1 aromatic carbocycles. The summed E-state index contributed by atoms with van der Waals surface area (Å²) in [5.41, 5.74) is 2.62. The average Bonchev–Trinajstić information content (AvgIpc) is 2.53. The summed E-state index contributed by atoms with van der Waals surface area (Å²) in [5, 5.41) is 12.8. The topological polar surface area (TPSA) is 35.5 Å². The lowest BCUT2D eigenvalue weighted by molar-refractivity contribution is 0.289. The van der Waals surface area contributed by atoms with Crippen molar-refractivity contribution in [3.8, 4) is 0 Å². The molecule has 0 radical (unpaired) electrons. The smallest absolute Gasteiger partial charge is 0.0606 e. The van der Waals surface area contributed by atoms with E-state index in [2.05, 4.69) is 41.4 Å². The lowest BCUT2D eigenvalue weighted by Gasteiger charge is -2.37. The maximum Gasteiger partial charge on any atom is 0.0606 e. The summed E-state index contributed by atoms with van der Waals surface area (Å²) in [6.45, 7) is 3.15. The highest BCUT2D eigenvalue weighted by atomic mass is 16.3. The van der Waals surface area contributed by atoms with Crippen LogP contribution in [-0.2, 0) is 0 Å². The van der Waals surface area contributed by atoms with Gasteiger partial charge in [-0.25, -0.2) is 0 Å². The molecule has 2 N–H and O–H groups in total. The van der Waals surface area contributed by atoms with Gasteiger partial charge in [0.05, 0.1) is 6.61 Å². The van der Waals surface area contributed by atoms with E-state index in [9.17, 15) is 5.11 Å². The summed E-state index contributed by atoms with van der Waals surface area (Å²) in [6.07, 6.45) is 6.50. The van der Waals surface area contributed by atoms with Crippen LogP contribution in [0.4, 0.5) is 5.69 Å². The number of hydrogen-bond donors (Lipinski definition) is 2. The van der Waals surface area contributed by atoms with E-state index < -0.39 is 0 Å². The molecule has 1 atom stereocenters. The first kappa shape index (κ1) is 15.3. The Morgan fingerprint density at radius 2 is 1.95 bits per heavy atom. The number of aliphatic hydroxyl groups is 1. The van der Waals surface area contributed by atoms with Crippen LogP contribution in [0.3, 0.4) is 0 Å². The van der Waals surface area contributed by atoms with Crippen molar-refractivity contribution in [2.24, 2.45) is 0 Å². The van der Waals surface area contributed by atoms with Crippen LogP contribution in [0, 0.1) is 0 Å². The lowest BCUT2D eigenvalue weighted by Crippen LogP contribution is -2.39. The van der Waals surface area contributed by atoms with Crippen LogP contribution in [0.2, 0.25) is 0 Å². The first-order valence-electron chi connectivity index (χ1n) is 7.91. The highest BCUT2D eigenvalue weighted by Gasteiger charge is 2.23. The van der Waals surface area contributed by atoms with E-state index in [1.165, 1.54) is 43.4 Å². The molecule has 3 nitrogen and oxygen atoms in total. The number of aliphatic hydroxyl groups excluding tert-OH is 1. The van der Waals surface area contributed by atoms with Gasteiger partial charge < -0.3 is 15.3 Å². The van der Waals surface area contributed by atoms with Gasteiger partial charge in [-0.3, -0.25) is 0 Å². The predicted molar refractivity (Wildman–Crippen MR) is 85.2 cm³/mol. The molecule has 1 aliphatic carbocycles. The van der Waals surface area contributed by atoms with Crippen LogP contribution in [0.25, 0.3) is 0 Å². The van der Waals surface area contributed by atoms with Crippen LogP contribution >= 0.6 is 0 Å². The Bertz CT molecular complexity index is 402. The molecule has 3 heteroatoms. The fraction of sp³-hybridized carbons (Fsp3) is 0.647. The third-order valence-corrected chi connectivity index (χ3v) is 4.50. The zero-order valence-corrected chi connectivity index (χ0v) is 12.8. The number of benzene rings is 1. The molecule has 0 bridgehead atoms. The van der Waals surface area contributed by atoms with Gasteiger partial charge in [-0.15, -0.1) is 0 Å². The van der Waals surface area contributed by atoms with Crippen molar-refractivity contribution in [3.05, 3.63) is 29.8 Å². The highest BCUT2D eigenvalue weighted by Crippen LogP contribution is 2.32. The van der Waals surface area contributed by atoms with Gasteiger partial charge in [-0.2, -0.15) is 0 Å². The van der Waals surface area contributed by atoms with Gasteiger partial charge in [-0.05, 0) is 38.4 Å². The van der Waals surface area contributed by atoms with E-state index in [-0.39, 0.29) is 6.61 Å². The quantitative estimate of drug-likeness (QED) is 0.838. The van der Waals surface area contributed by atoms with Gasteiger partial charge >= 0.3 is 0 Å². The van der Waals surface area contributed by atoms with Crippen molar-refractivity contribution in [1.29, 1.82) is 0 Å². The number of hydrogen-bond acceptors (Lipinski definition) is 3. The summed E-state index contributed by atoms with van der Waals surface area (Å²) < 4.78 is 0. The summed E-state index contributed by atoms with van der Waals surface area (Å²) in [7, 11) is 2.00. The van der Waals surface area contributed by atoms with Crippen molar-refractivity contribution in [2.75, 3.05) is 25.1 Å². The van der Waals surface area contributed by atoms with E-state index in [4.69, 9.17) is 0 Å². The van der Waals surface area contributed by atoms with Gasteiger partial charge in [0.2, 0.25) is 0 Å². The first-order valence-corrected chi connectivity index (χ1v) is 7.91. The van der Waals surface area contributed by atoms with Crippen molar-refractivity contribution in [3.63, 3.8) is 0 Å². The standard InChI is InChI=1S/C17H28N2O/c1-14(18-2)16-10-6-7-11-17(16)19(12-13-20)15-8-4-3-5-9-15/h6-7,10-11,14-15,18,20H,3-5,8-9,12-13H2,1-2H3. The van der Waals surface area contributed by atoms with Crippen molar-refractivity contribution >= 4 is 5.69 Å². The Hall–Kier alpha value is -1.06. The third-order valence-electron chi connectivity index (χ3n) is 4.50. The van der Waals surface area contributed by atoms with E-state index in [0.717, 1.165) is 6.54 Å². The van der Waals surface area contributed by atoms with Crippen molar-refractivity contribution < 1.29 is 5.11 Å². The number of nitrogens with one attached hydrogen (secondary N) is 1. The molecule has 20 heavy (non-hydrogen) atoms. The average molecular weight is 276 g/mol. The van der Waals surface area contributed by atoms with Gasteiger partial charge in [0, 0.05) is 24.3 Å². The monoisotopic (exact) mass is 276 g/mol. The molecule has 0 spiro atoms. The Balaban J connectivity index is 2.28. The number of nitrogens with zero attached hydrogens (tertiary/aromatic N) is 1. The molecule has 2 rings (SSSR count). The Morgan fingerprint density at radius 3 is 2.60 bits per heavy atom. The number of para-hydroxylation sites is 1. The third kappa shape index (κ3) is 3.53. The second-order valence-electron chi connectivity index (χ2n) is 5.78. The molecule has 0 aliphatic heterocycles. The molecule has 0 amide bonds. The molecule has 1 aromatic rings. The maximum absolute atomic E-state index is 9.46. The van der Waals surface area contributed by atoms with Crippen molar-refractivity contribution in [2.45, 2.75) is 51.1 Å². The minimum Gasteiger partial charge on any atom is -0.395 e. The molecule has 1 unspecified atom stereocenters. The van der Waals surface area contributed by atoms with Crippen LogP contribution in [0.15, 0.2) is 24.3 Å². The Labute approximate surface area is 123 Å². The summed E-state index contributed by atoms with van der Waals surface area (Å²) in [5.74, 6) is 0. The second kappa shape index (κ2) is 7.65. The van der Waals surface area contributed by atoms with Gasteiger partial charge in [-0.1, -0.05) is 37.5 Å². The molecular formula is C17H28N2O. The summed E-state index contributed by atoms with van der Waals surface area (Å²) >= 11 is 0. The Morgan fingerprint density at radius 1 is 1.25 bits per heavy atom. The Kier molecular flexibility index (Phi) is 5.86. The van der Waals surface area contributed by atoms with Crippen LogP contribution < -0.4 is 10.2 Å². The zero-order valence-electron chi connectivity index (χ0n) is 12.8. The molecular weight excluding hydrogens is 248 g/mol. The maximum atomic E-state index is 9.46. The molecule has 0 aromatic heterocycles. The predicted octanol–water partition coefficient (Wildman–Crippen LogP) is 3.10. The molecule has 1 saturated carbocycles. The molecule has 0 heterocycles. The summed E-state index contributed by atoms with van der Waals surface area (Å²) in [6, 6.07) is 9.52.